The van der Waals surface area contributed by atoms with E-state index < -0.39 is 10.7 Å². The van der Waals surface area contributed by atoms with Gasteiger partial charge in [-0.2, -0.15) is 0 Å². The van der Waals surface area contributed by atoms with Crippen LogP contribution in [0.25, 0.3) is 11.1 Å². The number of hydrogen-bond acceptors (Lipinski definition) is 6. The topological polar surface area (TPSA) is 111 Å². The second kappa shape index (κ2) is 7.69. The molecule has 1 N–H and O–H groups in total. The number of nitrogens with one attached hydrogen (secondary N) is 1. The maximum Gasteiger partial charge on any atom is 0.419 e. The number of fused-ring (bicyclic) bond motifs is 1. The average Bonchev–Trinajstić information content (AvgIpc) is 2.96. The van der Waals surface area contributed by atoms with E-state index in [0.717, 1.165) is 25.9 Å². The summed E-state index contributed by atoms with van der Waals surface area (Å²) < 4.78 is 6.50. The second-order valence-electron chi connectivity index (χ2n) is 6.52. The Morgan fingerprint density at radius 2 is 2.15 bits per heavy atom. The van der Waals surface area contributed by atoms with E-state index in [1.807, 2.05) is 7.05 Å². The van der Waals surface area contributed by atoms with E-state index >= 15 is 0 Å². The molecule has 2 aromatic rings. The zero-order chi connectivity index (χ0) is 18.7. The third-order valence-electron chi connectivity index (χ3n) is 4.88. The first-order valence-corrected chi connectivity index (χ1v) is 8.71. The molecule has 26 heavy (non-hydrogen) atoms. The summed E-state index contributed by atoms with van der Waals surface area (Å²) in [7, 11) is 1.83. The summed E-state index contributed by atoms with van der Waals surface area (Å²) in [6.45, 7) is 2.17. The molecule has 0 atom stereocenters. The van der Waals surface area contributed by atoms with Gasteiger partial charge >= 0.3 is 5.76 Å². The van der Waals surface area contributed by atoms with Crippen molar-refractivity contribution in [2.75, 3.05) is 20.1 Å². The van der Waals surface area contributed by atoms with Crippen LogP contribution in [0.5, 0.6) is 0 Å². The quantitative estimate of drug-likeness (QED) is 0.616. The predicted molar refractivity (Wildman–Crippen MR) is 95.0 cm³/mol. The Hall–Kier alpha value is -2.68. The van der Waals surface area contributed by atoms with Crippen LogP contribution >= 0.6 is 0 Å². The van der Waals surface area contributed by atoms with Gasteiger partial charge in [-0.25, -0.2) is 4.79 Å². The van der Waals surface area contributed by atoms with Gasteiger partial charge in [0.2, 0.25) is 5.91 Å². The fraction of sp³-hybridized carbons (Fsp3) is 0.529. The highest BCUT2D eigenvalue weighted by Crippen LogP contribution is 2.20. The van der Waals surface area contributed by atoms with Gasteiger partial charge in [-0.1, -0.05) is 0 Å². The van der Waals surface area contributed by atoms with Gasteiger partial charge in [0.15, 0.2) is 5.58 Å². The van der Waals surface area contributed by atoms with Gasteiger partial charge in [0.05, 0.1) is 16.5 Å². The SMILES string of the molecule is CN(C(=O)CCCn1c(=O)oc2cc([N+](=O)[O-])ccc21)C1CCNCC1. The predicted octanol–water partition coefficient (Wildman–Crippen LogP) is 1.49. The van der Waals surface area contributed by atoms with Crippen LogP contribution < -0.4 is 11.1 Å². The summed E-state index contributed by atoms with van der Waals surface area (Å²) in [6.07, 6.45) is 2.74. The van der Waals surface area contributed by atoms with E-state index in [9.17, 15) is 19.7 Å². The smallest absolute Gasteiger partial charge is 0.407 e. The Morgan fingerprint density at radius 1 is 1.42 bits per heavy atom. The minimum Gasteiger partial charge on any atom is -0.407 e. The molecule has 0 radical (unpaired) electrons. The maximum atomic E-state index is 12.4. The van der Waals surface area contributed by atoms with E-state index in [2.05, 4.69) is 5.32 Å². The number of oxazole rings is 1. The number of piperidine rings is 1. The maximum absolute atomic E-state index is 12.4. The number of nitro benzene ring substituents is 1. The van der Waals surface area contributed by atoms with E-state index in [4.69, 9.17) is 4.42 Å². The number of aryl methyl sites for hydroxylation is 1. The fourth-order valence-electron chi connectivity index (χ4n) is 3.34. The van der Waals surface area contributed by atoms with E-state index in [-0.39, 0.29) is 23.2 Å². The molecule has 2 heterocycles. The van der Waals surface area contributed by atoms with Crippen molar-refractivity contribution in [1.29, 1.82) is 0 Å². The molecule has 0 aliphatic carbocycles. The van der Waals surface area contributed by atoms with Gasteiger partial charge in [0.1, 0.15) is 0 Å². The number of nitrogens with zero attached hydrogens (tertiary/aromatic N) is 3. The van der Waals surface area contributed by atoms with Crippen LogP contribution in [0, 0.1) is 10.1 Å². The molecule has 1 aromatic heterocycles. The molecule has 1 saturated heterocycles. The number of carbonyl (C=O) groups is 1. The van der Waals surface area contributed by atoms with Crippen LogP contribution in [0.4, 0.5) is 5.69 Å². The molecule has 1 aromatic carbocycles. The van der Waals surface area contributed by atoms with Crippen LogP contribution in [0.1, 0.15) is 25.7 Å². The Bertz CT molecular complexity index is 866. The molecule has 0 saturated carbocycles. The van der Waals surface area contributed by atoms with Crippen LogP contribution in [0.2, 0.25) is 0 Å². The Balaban J connectivity index is 1.62. The van der Waals surface area contributed by atoms with Crippen molar-refractivity contribution in [1.82, 2.24) is 14.8 Å². The van der Waals surface area contributed by atoms with Crippen LogP contribution in [-0.2, 0) is 11.3 Å². The Labute approximate surface area is 149 Å². The van der Waals surface area contributed by atoms with E-state index in [1.54, 1.807) is 4.90 Å². The first-order chi connectivity index (χ1) is 12.5. The van der Waals surface area contributed by atoms with Crippen LogP contribution in [-0.4, -0.2) is 46.5 Å². The van der Waals surface area contributed by atoms with Gasteiger partial charge in [-0.3, -0.25) is 19.5 Å². The summed E-state index contributed by atoms with van der Waals surface area (Å²) >= 11 is 0. The number of nitro groups is 1. The molecular weight excluding hydrogens is 340 g/mol. The first-order valence-electron chi connectivity index (χ1n) is 8.71. The molecule has 1 aliphatic heterocycles. The zero-order valence-electron chi connectivity index (χ0n) is 14.6. The number of aromatic nitrogens is 1. The lowest BCUT2D eigenvalue weighted by atomic mass is 10.0. The third kappa shape index (κ3) is 3.77. The molecule has 3 rings (SSSR count). The fourth-order valence-corrected chi connectivity index (χ4v) is 3.34. The van der Waals surface area contributed by atoms with E-state index in [1.165, 1.54) is 22.8 Å². The monoisotopic (exact) mass is 362 g/mol. The summed E-state index contributed by atoms with van der Waals surface area (Å²) in [5.74, 6) is -0.506. The van der Waals surface area contributed by atoms with Crippen molar-refractivity contribution < 1.29 is 14.1 Å². The zero-order valence-corrected chi connectivity index (χ0v) is 14.6. The van der Waals surface area contributed by atoms with Crippen LogP contribution in [0.3, 0.4) is 0 Å². The van der Waals surface area contributed by atoms with Crippen molar-refractivity contribution in [3.05, 3.63) is 38.9 Å². The minimum absolute atomic E-state index is 0.0633. The lowest BCUT2D eigenvalue weighted by Crippen LogP contribution is -2.43. The Morgan fingerprint density at radius 3 is 2.85 bits per heavy atom. The number of benzene rings is 1. The molecule has 0 spiro atoms. The van der Waals surface area contributed by atoms with Crippen molar-refractivity contribution >= 4 is 22.7 Å². The molecular formula is C17H22N4O5. The summed E-state index contributed by atoms with van der Waals surface area (Å²) in [6, 6.07) is 4.34. The standard InChI is InChI=1S/C17H22N4O5/c1-19(12-6-8-18-9-7-12)16(22)3-2-10-20-14-5-4-13(21(24)25)11-15(14)26-17(20)23/h4-5,11-12,18H,2-3,6-10H2,1H3. The average molecular weight is 362 g/mol. The first kappa shape index (κ1) is 18.1. The summed E-state index contributed by atoms with van der Waals surface area (Å²) in [5.41, 5.74) is 0.555. The molecule has 1 amide bonds. The lowest BCUT2D eigenvalue weighted by Gasteiger charge is -2.31. The van der Waals surface area contributed by atoms with Gasteiger partial charge in [-0.15, -0.1) is 0 Å². The molecule has 1 aliphatic rings. The highest BCUT2D eigenvalue weighted by Gasteiger charge is 2.21. The lowest BCUT2D eigenvalue weighted by molar-refractivity contribution is -0.384. The van der Waals surface area contributed by atoms with Crippen LogP contribution in [0.15, 0.2) is 27.4 Å². The number of rotatable bonds is 6. The highest BCUT2D eigenvalue weighted by atomic mass is 16.6. The summed E-state index contributed by atoms with van der Waals surface area (Å²) in [4.78, 5) is 36.4. The third-order valence-corrected chi connectivity index (χ3v) is 4.88. The molecule has 140 valence electrons. The van der Waals surface area contributed by atoms with Crippen molar-refractivity contribution in [3.8, 4) is 0 Å². The number of hydrogen-bond donors (Lipinski definition) is 1. The molecule has 1 fully saturated rings. The largest absolute Gasteiger partial charge is 0.419 e. The highest BCUT2D eigenvalue weighted by molar-refractivity contribution is 5.77. The van der Waals surface area contributed by atoms with Gasteiger partial charge < -0.3 is 14.6 Å². The molecule has 9 nitrogen and oxygen atoms in total. The number of carbonyl (C=O) groups excluding carboxylic acids is 1. The van der Waals surface area contributed by atoms with Crippen molar-refractivity contribution in [2.45, 2.75) is 38.3 Å². The summed E-state index contributed by atoms with van der Waals surface area (Å²) in [5, 5.41) is 14.1. The van der Waals surface area contributed by atoms with Gasteiger partial charge in [0.25, 0.3) is 5.69 Å². The number of non-ortho nitro benzene ring substituents is 1. The van der Waals surface area contributed by atoms with Crippen molar-refractivity contribution in [3.63, 3.8) is 0 Å². The molecule has 0 unspecified atom stereocenters. The minimum atomic E-state index is -0.570. The van der Waals surface area contributed by atoms with Crippen molar-refractivity contribution in [2.24, 2.45) is 0 Å². The Kier molecular flexibility index (Phi) is 5.36. The molecule has 0 bridgehead atoms. The second-order valence-corrected chi connectivity index (χ2v) is 6.52. The number of amides is 1. The van der Waals surface area contributed by atoms with E-state index in [0.29, 0.717) is 24.9 Å². The molecule has 9 heteroatoms. The van der Waals surface area contributed by atoms with Gasteiger partial charge in [-0.05, 0) is 38.4 Å². The van der Waals surface area contributed by atoms with Gasteiger partial charge in [0, 0.05) is 32.1 Å². The normalized spacial score (nSPS) is 15.3.